The number of hydrogen-bond acceptors (Lipinski definition) is 18. The molecule has 1 amide bonds. The van der Waals surface area contributed by atoms with Crippen molar-refractivity contribution in [2.24, 2.45) is 0 Å². The molecule has 0 saturated carbocycles. The number of phenolic OH excluding ortho intramolecular Hbond substituents is 3. The van der Waals surface area contributed by atoms with E-state index in [9.17, 15) is 54.9 Å². The first-order valence-corrected chi connectivity index (χ1v) is 19.1. The van der Waals surface area contributed by atoms with E-state index in [0.717, 1.165) is 32.2 Å². The van der Waals surface area contributed by atoms with Crippen LogP contribution in [0.1, 0.15) is 13.3 Å². The van der Waals surface area contributed by atoms with E-state index in [4.69, 9.17) is 32.5 Å². The van der Waals surface area contributed by atoms with Crippen molar-refractivity contribution in [2.75, 3.05) is 27.9 Å². The zero-order valence-corrected chi connectivity index (χ0v) is 33.9. The number of rotatable bonds is 12. The van der Waals surface area contributed by atoms with Crippen LogP contribution in [0.2, 0.25) is 0 Å². The van der Waals surface area contributed by atoms with Gasteiger partial charge in [0.05, 0.1) is 52.1 Å². The molecule has 19 heteroatoms. The second kappa shape index (κ2) is 17.3. The Balaban J connectivity index is 1.53. The van der Waals surface area contributed by atoms with Gasteiger partial charge in [-0.05, 0) is 42.5 Å². The molecular formula is C44H41NO18. The first-order valence-electron chi connectivity index (χ1n) is 19.1. The van der Waals surface area contributed by atoms with E-state index < -0.39 is 94.6 Å². The lowest BCUT2D eigenvalue weighted by Crippen LogP contribution is -2.68. The highest BCUT2D eigenvalue weighted by Gasteiger charge is 2.57. The quantitative estimate of drug-likeness (QED) is 0.0820. The lowest BCUT2D eigenvalue weighted by molar-refractivity contribution is -0.285. The SMILES string of the molecule is COC(=O)[C@@]1(Oc2cc(O)c3c(=O)cc(-c4ccc(O)cc4)oc3c2-c2cc(-c3cc(=O)c4c(O)cc(OC)cc4o3)ccc2OC)C[C@H](O)[C@@H](NC(C)=O)[C@H]([C@@H](O)[C@@H](O)CO)O1. The fourth-order valence-corrected chi connectivity index (χ4v) is 7.51. The van der Waals surface area contributed by atoms with Crippen LogP contribution in [0, 0.1) is 0 Å². The van der Waals surface area contributed by atoms with E-state index in [1.54, 1.807) is 0 Å². The highest BCUT2D eigenvalue weighted by molar-refractivity contribution is 6.02. The van der Waals surface area contributed by atoms with Crippen molar-refractivity contribution >= 4 is 33.8 Å². The summed E-state index contributed by atoms with van der Waals surface area (Å²) >= 11 is 0. The van der Waals surface area contributed by atoms with Crippen LogP contribution in [0.4, 0.5) is 0 Å². The minimum Gasteiger partial charge on any atom is -0.508 e. The van der Waals surface area contributed by atoms with Gasteiger partial charge in [-0.2, -0.15) is 0 Å². The Morgan fingerprint density at radius 3 is 2.11 bits per heavy atom. The van der Waals surface area contributed by atoms with Crippen LogP contribution in [0.5, 0.6) is 34.5 Å². The van der Waals surface area contributed by atoms with Crippen molar-refractivity contribution in [3.8, 4) is 68.3 Å². The largest absolute Gasteiger partial charge is 0.508 e. The van der Waals surface area contributed by atoms with Crippen molar-refractivity contribution in [3.05, 3.63) is 93.2 Å². The number of aliphatic hydroxyl groups excluding tert-OH is 4. The molecule has 0 spiro atoms. The normalized spacial score (nSPS) is 19.6. The zero-order chi connectivity index (χ0) is 45.5. The van der Waals surface area contributed by atoms with Gasteiger partial charge in [-0.25, -0.2) is 4.79 Å². The molecule has 6 aromatic rings. The van der Waals surface area contributed by atoms with Gasteiger partial charge in [0, 0.05) is 53.9 Å². The second-order valence-electron chi connectivity index (χ2n) is 14.6. The second-order valence-corrected chi connectivity index (χ2v) is 14.6. The first-order chi connectivity index (χ1) is 30.0. The molecule has 1 saturated heterocycles. The Morgan fingerprint density at radius 2 is 1.48 bits per heavy atom. The van der Waals surface area contributed by atoms with Crippen LogP contribution in [-0.2, 0) is 19.1 Å². The van der Waals surface area contributed by atoms with Crippen molar-refractivity contribution < 1.29 is 77.9 Å². The number of carbonyl (C=O) groups is 2. The molecule has 0 radical (unpaired) electrons. The average Bonchev–Trinajstić information content (AvgIpc) is 3.25. The smallest absolute Gasteiger partial charge is 0.379 e. The summed E-state index contributed by atoms with van der Waals surface area (Å²) in [6, 6.07) is 14.3. The molecule has 0 bridgehead atoms. The Kier molecular flexibility index (Phi) is 12.1. The lowest BCUT2D eigenvalue weighted by Gasteiger charge is -2.47. The first kappa shape index (κ1) is 43.9. The van der Waals surface area contributed by atoms with E-state index in [0.29, 0.717) is 5.56 Å². The third-order valence-electron chi connectivity index (χ3n) is 10.5. The molecule has 1 aliphatic rings. The Bertz CT molecular complexity index is 2850. The minimum atomic E-state index is -2.79. The number of aromatic hydroxyl groups is 3. The minimum absolute atomic E-state index is 0.0111. The maximum Gasteiger partial charge on any atom is 0.379 e. The van der Waals surface area contributed by atoms with E-state index in [-0.39, 0.29) is 62.0 Å². The highest BCUT2D eigenvalue weighted by Crippen LogP contribution is 2.49. The van der Waals surface area contributed by atoms with Crippen LogP contribution in [-0.4, -0.2) is 112 Å². The van der Waals surface area contributed by atoms with Gasteiger partial charge < -0.3 is 73.6 Å². The van der Waals surface area contributed by atoms with Crippen LogP contribution in [0.15, 0.2) is 91.2 Å². The van der Waals surface area contributed by atoms with E-state index >= 15 is 0 Å². The molecule has 4 aromatic carbocycles. The van der Waals surface area contributed by atoms with Gasteiger partial charge in [-0.1, -0.05) is 0 Å². The molecule has 3 heterocycles. The molecule has 6 atom stereocenters. The topological polar surface area (TPSA) is 294 Å². The van der Waals surface area contributed by atoms with Gasteiger partial charge >= 0.3 is 11.8 Å². The number of ether oxygens (including phenoxy) is 5. The molecule has 8 N–H and O–H groups in total. The third kappa shape index (κ3) is 8.18. The third-order valence-corrected chi connectivity index (χ3v) is 10.5. The fraction of sp³-hybridized carbons (Fsp3) is 0.273. The molecule has 330 valence electrons. The number of fused-ring (bicyclic) bond motifs is 2. The number of hydrogen-bond donors (Lipinski definition) is 8. The number of phenols is 3. The number of benzene rings is 4. The van der Waals surface area contributed by atoms with Gasteiger partial charge in [0.1, 0.15) is 80.7 Å². The van der Waals surface area contributed by atoms with E-state index in [1.165, 1.54) is 68.8 Å². The summed E-state index contributed by atoms with van der Waals surface area (Å²) in [6.45, 7) is 0.0934. The summed E-state index contributed by atoms with van der Waals surface area (Å²) in [5.74, 6) is -6.39. The Labute approximate surface area is 355 Å². The van der Waals surface area contributed by atoms with Crippen molar-refractivity contribution in [1.82, 2.24) is 5.32 Å². The monoisotopic (exact) mass is 871 g/mol. The van der Waals surface area contributed by atoms with Crippen molar-refractivity contribution in [3.63, 3.8) is 0 Å². The fourth-order valence-electron chi connectivity index (χ4n) is 7.51. The highest BCUT2D eigenvalue weighted by atomic mass is 16.7. The number of aliphatic hydroxyl groups is 4. The summed E-state index contributed by atoms with van der Waals surface area (Å²) in [7, 11) is 3.62. The number of methoxy groups -OCH3 is 3. The molecular weight excluding hydrogens is 830 g/mol. The summed E-state index contributed by atoms with van der Waals surface area (Å²) in [5.41, 5.74) is -1.50. The lowest BCUT2D eigenvalue weighted by atomic mass is 9.88. The predicted molar refractivity (Wildman–Crippen MR) is 221 cm³/mol. The van der Waals surface area contributed by atoms with Crippen LogP contribution in [0.25, 0.3) is 55.7 Å². The number of esters is 1. The maximum absolute atomic E-state index is 14.0. The number of amides is 1. The Morgan fingerprint density at radius 1 is 0.825 bits per heavy atom. The molecule has 2 aromatic heterocycles. The van der Waals surface area contributed by atoms with E-state index in [1.807, 2.05) is 0 Å². The van der Waals surface area contributed by atoms with E-state index in [2.05, 4.69) is 5.32 Å². The van der Waals surface area contributed by atoms with Gasteiger partial charge in [0.2, 0.25) is 5.91 Å². The summed E-state index contributed by atoms with van der Waals surface area (Å²) in [6.07, 6.45) is -8.47. The van der Waals surface area contributed by atoms with Gasteiger partial charge in [-0.3, -0.25) is 14.4 Å². The molecule has 1 aliphatic heterocycles. The number of nitrogens with one attached hydrogen (secondary N) is 1. The summed E-state index contributed by atoms with van der Waals surface area (Å²) in [5, 5.41) is 76.9. The molecule has 7 rings (SSSR count). The molecule has 19 nitrogen and oxygen atoms in total. The average molecular weight is 872 g/mol. The summed E-state index contributed by atoms with van der Waals surface area (Å²) in [4.78, 5) is 53.6. The van der Waals surface area contributed by atoms with Gasteiger partial charge in [-0.15, -0.1) is 0 Å². The van der Waals surface area contributed by atoms with Crippen LogP contribution < -0.4 is 30.4 Å². The maximum atomic E-state index is 14.0. The zero-order valence-electron chi connectivity index (χ0n) is 33.9. The number of carbonyl (C=O) groups excluding carboxylic acids is 2. The van der Waals surface area contributed by atoms with Crippen molar-refractivity contribution in [2.45, 2.75) is 49.6 Å². The van der Waals surface area contributed by atoms with Crippen LogP contribution in [0.3, 0.4) is 0 Å². The van der Waals surface area contributed by atoms with Gasteiger partial charge in [0.15, 0.2) is 16.4 Å². The molecule has 63 heavy (non-hydrogen) atoms. The van der Waals surface area contributed by atoms with Crippen molar-refractivity contribution in [1.29, 1.82) is 0 Å². The van der Waals surface area contributed by atoms with Crippen LogP contribution >= 0.6 is 0 Å². The standard InChI is InChI=1S/C44H41NO18/c1-19(47)45-39-29(53)17-44(43(56)59-4,63-42(39)40(55)30(54)18-46)62-35-16-28(52)38-27(51)15-32(20-5-8-22(48)9-6-20)61-41(38)36(35)24-11-21(7-10-31(24)58-3)33-14-26(50)37-25(49)12-23(57-2)13-34(37)60-33/h5-16,29-30,39-40,42,46,48-49,52-55H,17-18H2,1-4H3,(H,45,47)/t29-,30-,39+,40-,42+,44+/m0/s1. The Hall–Kier alpha value is -7.16. The van der Waals surface area contributed by atoms with Gasteiger partial charge in [0.25, 0.3) is 0 Å². The molecule has 0 unspecified atom stereocenters. The summed E-state index contributed by atoms with van der Waals surface area (Å²) < 4.78 is 41.1. The molecule has 0 aliphatic carbocycles. The predicted octanol–water partition coefficient (Wildman–Crippen LogP) is 2.65. The molecule has 1 fully saturated rings.